The SMILES string of the molecule is COc1ccc(C(CNC(=O)CSc2nnnn2Cc2ccco2)c2c[nH]c3ccccc23)cc1. The predicted octanol–water partition coefficient (Wildman–Crippen LogP) is 3.84. The summed E-state index contributed by atoms with van der Waals surface area (Å²) in [6.45, 7) is 0.856. The van der Waals surface area contributed by atoms with Crippen molar-refractivity contribution in [2.24, 2.45) is 0 Å². The van der Waals surface area contributed by atoms with Gasteiger partial charge in [-0.25, -0.2) is 4.68 Å². The van der Waals surface area contributed by atoms with E-state index in [0.29, 0.717) is 18.2 Å². The van der Waals surface area contributed by atoms with Crippen LogP contribution in [0.2, 0.25) is 0 Å². The number of ether oxygens (including phenoxy) is 1. The fourth-order valence-electron chi connectivity index (χ4n) is 3.97. The van der Waals surface area contributed by atoms with Crippen molar-refractivity contribution in [2.75, 3.05) is 19.4 Å². The minimum atomic E-state index is -0.0964. The quantitative estimate of drug-likeness (QED) is 0.287. The first-order valence-electron chi connectivity index (χ1n) is 11.1. The lowest BCUT2D eigenvalue weighted by atomic mass is 9.91. The van der Waals surface area contributed by atoms with Crippen molar-refractivity contribution in [2.45, 2.75) is 17.6 Å². The number of furan rings is 1. The van der Waals surface area contributed by atoms with Gasteiger partial charge in [0.15, 0.2) is 0 Å². The molecule has 5 rings (SSSR count). The van der Waals surface area contributed by atoms with Gasteiger partial charge in [-0.05, 0) is 51.9 Å². The zero-order valence-corrected chi connectivity index (χ0v) is 19.9. The molecule has 3 aromatic heterocycles. The highest BCUT2D eigenvalue weighted by molar-refractivity contribution is 7.99. The Bertz CT molecular complexity index is 1390. The zero-order valence-electron chi connectivity index (χ0n) is 19.0. The van der Waals surface area contributed by atoms with Gasteiger partial charge < -0.3 is 19.5 Å². The molecule has 35 heavy (non-hydrogen) atoms. The van der Waals surface area contributed by atoms with E-state index in [1.807, 2.05) is 60.8 Å². The van der Waals surface area contributed by atoms with Crippen molar-refractivity contribution in [3.63, 3.8) is 0 Å². The molecule has 178 valence electrons. The number of rotatable bonds is 10. The van der Waals surface area contributed by atoms with E-state index >= 15 is 0 Å². The van der Waals surface area contributed by atoms with Crippen LogP contribution < -0.4 is 10.1 Å². The van der Waals surface area contributed by atoms with E-state index < -0.39 is 0 Å². The number of aromatic amines is 1. The van der Waals surface area contributed by atoms with Crippen molar-refractivity contribution in [1.29, 1.82) is 0 Å². The Morgan fingerprint density at radius 3 is 2.83 bits per heavy atom. The molecule has 1 unspecified atom stereocenters. The molecule has 0 spiro atoms. The van der Waals surface area contributed by atoms with Crippen molar-refractivity contribution in [3.05, 3.63) is 90.0 Å². The van der Waals surface area contributed by atoms with Crippen molar-refractivity contribution in [3.8, 4) is 5.75 Å². The molecule has 0 saturated carbocycles. The lowest BCUT2D eigenvalue weighted by molar-refractivity contribution is -0.118. The molecule has 0 bridgehead atoms. The molecule has 9 nitrogen and oxygen atoms in total. The van der Waals surface area contributed by atoms with Crippen LogP contribution in [0.3, 0.4) is 0 Å². The zero-order chi connectivity index (χ0) is 24.0. The number of fused-ring (bicyclic) bond motifs is 1. The molecule has 0 aliphatic carbocycles. The summed E-state index contributed by atoms with van der Waals surface area (Å²) in [5, 5.41) is 16.5. The number of methoxy groups -OCH3 is 1. The molecular formula is C25H24N6O3S. The highest BCUT2D eigenvalue weighted by Gasteiger charge is 2.20. The molecule has 0 saturated heterocycles. The maximum absolute atomic E-state index is 12.8. The van der Waals surface area contributed by atoms with Crippen LogP contribution in [-0.2, 0) is 11.3 Å². The first-order valence-corrected chi connectivity index (χ1v) is 12.1. The third-order valence-corrected chi connectivity index (χ3v) is 6.69. The number of amides is 1. The Kier molecular flexibility index (Phi) is 6.80. The van der Waals surface area contributed by atoms with Crippen LogP contribution in [0.5, 0.6) is 5.75 Å². The molecular weight excluding hydrogens is 464 g/mol. The van der Waals surface area contributed by atoms with Crippen LogP contribution in [0, 0.1) is 0 Å². The molecule has 3 heterocycles. The van der Waals surface area contributed by atoms with Crippen LogP contribution in [0.1, 0.15) is 22.8 Å². The summed E-state index contributed by atoms with van der Waals surface area (Å²) in [5.41, 5.74) is 3.28. The second kappa shape index (κ2) is 10.5. The normalized spacial score (nSPS) is 12.0. The number of hydrogen-bond donors (Lipinski definition) is 2. The standard InChI is InChI=1S/C25H24N6O3S/c1-33-18-10-8-17(9-11-18)21(22-14-26-23-7-3-2-6-20(22)23)13-27-24(32)16-35-25-28-29-30-31(25)15-19-5-4-12-34-19/h2-12,14,21,26H,13,15-16H2,1H3,(H,27,32). The fourth-order valence-corrected chi connectivity index (χ4v) is 4.68. The van der Waals surface area contributed by atoms with E-state index in [0.717, 1.165) is 33.5 Å². The van der Waals surface area contributed by atoms with Crippen molar-refractivity contribution >= 4 is 28.6 Å². The summed E-state index contributed by atoms with van der Waals surface area (Å²) in [6.07, 6.45) is 3.62. The number of para-hydroxylation sites is 1. The van der Waals surface area contributed by atoms with Crippen molar-refractivity contribution in [1.82, 2.24) is 30.5 Å². The molecule has 0 aliphatic rings. The number of nitrogens with zero attached hydrogens (tertiary/aromatic N) is 4. The average Bonchev–Trinajstić information content (AvgIpc) is 3.66. The van der Waals surface area contributed by atoms with Gasteiger partial charge in [0.25, 0.3) is 0 Å². The van der Waals surface area contributed by atoms with Crippen molar-refractivity contribution < 1.29 is 13.9 Å². The number of tetrazole rings is 1. The molecule has 10 heteroatoms. The van der Waals surface area contributed by atoms with E-state index in [-0.39, 0.29) is 17.6 Å². The molecule has 1 atom stereocenters. The Morgan fingerprint density at radius 2 is 2.03 bits per heavy atom. The molecule has 2 N–H and O–H groups in total. The third kappa shape index (κ3) is 5.22. The van der Waals surface area contributed by atoms with E-state index in [1.165, 1.54) is 11.8 Å². The monoisotopic (exact) mass is 488 g/mol. The maximum atomic E-state index is 12.8. The Hall–Kier alpha value is -4.05. The first-order chi connectivity index (χ1) is 17.2. The summed E-state index contributed by atoms with van der Waals surface area (Å²) in [7, 11) is 1.65. The molecule has 0 fully saturated rings. The number of thioether (sulfide) groups is 1. The van der Waals surface area contributed by atoms with E-state index in [2.05, 4.69) is 31.9 Å². The number of carbonyl (C=O) groups is 1. The maximum Gasteiger partial charge on any atom is 0.230 e. The summed E-state index contributed by atoms with van der Waals surface area (Å²) in [6, 6.07) is 19.8. The van der Waals surface area contributed by atoms with Crippen LogP contribution in [-0.4, -0.2) is 50.5 Å². The highest BCUT2D eigenvalue weighted by atomic mass is 32.2. The number of benzene rings is 2. The molecule has 0 radical (unpaired) electrons. The van der Waals surface area contributed by atoms with Gasteiger partial charge in [-0.15, -0.1) is 5.10 Å². The molecule has 2 aromatic carbocycles. The van der Waals surface area contributed by atoms with Gasteiger partial charge in [0.2, 0.25) is 11.1 Å². The Morgan fingerprint density at radius 1 is 1.17 bits per heavy atom. The van der Waals surface area contributed by atoms with Crippen LogP contribution in [0.25, 0.3) is 10.9 Å². The third-order valence-electron chi connectivity index (χ3n) is 5.74. The Labute approximate surface area is 205 Å². The van der Waals surface area contributed by atoms with Crippen LogP contribution in [0.4, 0.5) is 0 Å². The molecule has 1 amide bonds. The second-order valence-electron chi connectivity index (χ2n) is 7.91. The first kappa shape index (κ1) is 22.7. The summed E-state index contributed by atoms with van der Waals surface area (Å²) < 4.78 is 12.3. The fraction of sp³-hybridized carbons (Fsp3) is 0.200. The lowest BCUT2D eigenvalue weighted by Gasteiger charge is -2.18. The van der Waals surface area contributed by atoms with E-state index in [9.17, 15) is 4.79 Å². The summed E-state index contributed by atoms with van der Waals surface area (Å²) >= 11 is 1.29. The van der Waals surface area contributed by atoms with Gasteiger partial charge in [-0.1, -0.05) is 42.1 Å². The summed E-state index contributed by atoms with van der Waals surface area (Å²) in [5.74, 6) is 1.60. The average molecular weight is 489 g/mol. The number of H-pyrrole nitrogens is 1. The van der Waals surface area contributed by atoms with Crippen LogP contribution in [0.15, 0.2) is 82.7 Å². The van der Waals surface area contributed by atoms with Gasteiger partial charge in [0, 0.05) is 29.6 Å². The number of carbonyl (C=O) groups excluding carboxylic acids is 1. The second-order valence-corrected chi connectivity index (χ2v) is 8.85. The Balaban J connectivity index is 1.27. The van der Waals surface area contributed by atoms with E-state index in [4.69, 9.17) is 9.15 Å². The van der Waals surface area contributed by atoms with Gasteiger partial charge in [-0.3, -0.25) is 4.79 Å². The van der Waals surface area contributed by atoms with Gasteiger partial charge in [-0.2, -0.15) is 0 Å². The predicted molar refractivity (Wildman–Crippen MR) is 132 cm³/mol. The van der Waals surface area contributed by atoms with Gasteiger partial charge in [0.05, 0.1) is 19.1 Å². The smallest absolute Gasteiger partial charge is 0.230 e. The highest BCUT2D eigenvalue weighted by Crippen LogP contribution is 2.31. The van der Waals surface area contributed by atoms with Gasteiger partial charge in [0.1, 0.15) is 18.1 Å². The minimum Gasteiger partial charge on any atom is -0.497 e. The number of nitrogens with one attached hydrogen (secondary N) is 2. The number of hydrogen-bond acceptors (Lipinski definition) is 7. The number of aromatic nitrogens is 5. The minimum absolute atomic E-state index is 0.0321. The topological polar surface area (TPSA) is 111 Å². The largest absolute Gasteiger partial charge is 0.497 e. The summed E-state index contributed by atoms with van der Waals surface area (Å²) in [4.78, 5) is 16.1. The van der Waals surface area contributed by atoms with Crippen LogP contribution >= 0.6 is 11.8 Å². The lowest BCUT2D eigenvalue weighted by Crippen LogP contribution is -2.30. The molecule has 5 aromatic rings. The van der Waals surface area contributed by atoms with E-state index in [1.54, 1.807) is 18.1 Å². The molecule has 0 aliphatic heterocycles. The van der Waals surface area contributed by atoms with Gasteiger partial charge >= 0.3 is 0 Å².